The van der Waals surface area contributed by atoms with Gasteiger partial charge in [-0.1, -0.05) is 257 Å². The van der Waals surface area contributed by atoms with Gasteiger partial charge in [-0.3, -0.25) is 13.8 Å². The number of carbonyl (C=O) groups excluding carboxylic acids is 1. The van der Waals surface area contributed by atoms with Crippen molar-refractivity contribution in [2.45, 2.75) is 296 Å². The molecule has 1 N–H and O–H groups in total. The highest BCUT2D eigenvalue weighted by Crippen LogP contribution is 2.43. The molecule has 0 aliphatic rings. The van der Waals surface area contributed by atoms with Gasteiger partial charge >= 0.3 is 13.8 Å². The lowest BCUT2D eigenvalue weighted by Crippen LogP contribution is -2.37. The molecule has 2 atom stereocenters. The van der Waals surface area contributed by atoms with Crippen molar-refractivity contribution < 1.29 is 37.3 Å². The van der Waals surface area contributed by atoms with Gasteiger partial charge in [0.15, 0.2) is 0 Å². The fraction of sp³-hybridized carbons (Fsp3) is 0.947. The van der Waals surface area contributed by atoms with Crippen molar-refractivity contribution in [3.8, 4) is 0 Å². The summed E-state index contributed by atoms with van der Waals surface area (Å²) in [4.78, 5) is 23.0. The number of esters is 1. The maximum atomic E-state index is 12.8. The predicted molar refractivity (Wildman–Crippen MR) is 284 cm³/mol. The molecule has 0 fully saturated rings. The lowest BCUT2D eigenvalue weighted by atomic mass is 10.0. The maximum Gasteiger partial charge on any atom is 0.472 e. The molecule has 394 valence electrons. The van der Waals surface area contributed by atoms with Gasteiger partial charge in [0.25, 0.3) is 0 Å². The lowest BCUT2D eigenvalue weighted by molar-refractivity contribution is -0.870. The first-order valence-corrected chi connectivity index (χ1v) is 30.4. The largest absolute Gasteiger partial charge is 0.472 e. The summed E-state index contributed by atoms with van der Waals surface area (Å²) >= 11 is 0. The second kappa shape index (κ2) is 50.6. The van der Waals surface area contributed by atoms with Crippen LogP contribution < -0.4 is 0 Å². The highest BCUT2D eigenvalue weighted by atomic mass is 31.2. The first-order chi connectivity index (χ1) is 32.1. The Morgan fingerprint density at radius 3 is 1.15 bits per heavy atom. The van der Waals surface area contributed by atoms with Crippen LogP contribution in [0.3, 0.4) is 0 Å². The van der Waals surface area contributed by atoms with Crippen LogP contribution in [-0.2, 0) is 27.9 Å². The van der Waals surface area contributed by atoms with E-state index in [0.29, 0.717) is 24.1 Å². The molecule has 0 aliphatic heterocycles. The number of hydrogen-bond acceptors (Lipinski definition) is 6. The minimum absolute atomic E-state index is 0.0915. The first-order valence-electron chi connectivity index (χ1n) is 28.9. The molecule has 0 saturated carbocycles. The maximum absolute atomic E-state index is 12.8. The minimum Gasteiger partial charge on any atom is -0.457 e. The number of ether oxygens (including phenoxy) is 2. The third-order valence-electron chi connectivity index (χ3n) is 13.1. The van der Waals surface area contributed by atoms with Crippen molar-refractivity contribution in [1.29, 1.82) is 0 Å². The number of phosphoric ester groups is 1. The highest BCUT2D eigenvalue weighted by Gasteiger charge is 2.26. The number of nitrogens with zero attached hydrogens (tertiary/aromatic N) is 1. The van der Waals surface area contributed by atoms with Gasteiger partial charge in [-0.15, -0.1) is 0 Å². The molecule has 0 aliphatic carbocycles. The van der Waals surface area contributed by atoms with Crippen LogP contribution in [0.1, 0.15) is 290 Å². The number of unbranched alkanes of at least 4 members (excludes halogenated alkanes) is 39. The van der Waals surface area contributed by atoms with Gasteiger partial charge in [0.1, 0.15) is 19.3 Å². The molecule has 0 aromatic heterocycles. The summed E-state index contributed by atoms with van der Waals surface area (Å²) in [6.45, 7) is 5.69. The van der Waals surface area contributed by atoms with Crippen LogP contribution in [0.25, 0.3) is 0 Å². The van der Waals surface area contributed by atoms with Crippen LogP contribution in [0.5, 0.6) is 0 Å². The van der Waals surface area contributed by atoms with Crippen molar-refractivity contribution in [1.82, 2.24) is 0 Å². The molecular weight excluding hydrogens is 842 g/mol. The minimum atomic E-state index is -4.28. The van der Waals surface area contributed by atoms with Gasteiger partial charge in [-0.2, -0.15) is 0 Å². The molecule has 0 aromatic carbocycles. The van der Waals surface area contributed by atoms with E-state index in [4.69, 9.17) is 18.5 Å². The molecule has 9 heteroatoms. The highest BCUT2D eigenvalue weighted by molar-refractivity contribution is 7.47. The van der Waals surface area contributed by atoms with Gasteiger partial charge in [0.2, 0.25) is 0 Å². The average Bonchev–Trinajstić information content (AvgIpc) is 3.28. The second-order valence-corrected chi connectivity index (χ2v) is 22.5. The zero-order valence-electron chi connectivity index (χ0n) is 45.0. The summed E-state index contributed by atoms with van der Waals surface area (Å²) in [5.41, 5.74) is 0. The molecule has 0 heterocycles. The fourth-order valence-corrected chi connectivity index (χ4v) is 9.35. The van der Waals surface area contributed by atoms with Crippen LogP contribution in [0.2, 0.25) is 0 Å². The standard InChI is InChI=1S/C57H114NO7P/c1-6-8-10-12-14-16-18-20-22-24-26-27-28-29-30-31-32-33-35-37-39-41-43-45-47-49-52-62-54-56(55-64-66(60,61)63-53-51-58(3,4)5)65-57(59)50-48-46-44-42-40-38-36-34-25-23-21-19-17-15-13-11-9-7-2/h23,25,56H,6-22,24,26-55H2,1-5H3/p+1/b25-23-. The number of rotatable bonds is 55. The van der Waals surface area contributed by atoms with Crippen molar-refractivity contribution >= 4 is 13.8 Å². The molecule has 0 amide bonds. The monoisotopic (exact) mass is 957 g/mol. The number of allylic oxidation sites excluding steroid dienone is 2. The van der Waals surface area contributed by atoms with Crippen molar-refractivity contribution in [2.24, 2.45) is 0 Å². The van der Waals surface area contributed by atoms with Crippen molar-refractivity contribution in [3.63, 3.8) is 0 Å². The third-order valence-corrected chi connectivity index (χ3v) is 14.1. The Kier molecular flexibility index (Phi) is 50.0. The van der Waals surface area contributed by atoms with Crippen molar-refractivity contribution in [2.75, 3.05) is 54.1 Å². The SMILES string of the molecule is CCCCCCCCC/C=C\CCCCCCCCCC(=O)OC(COCCCCCCCCCCCCCCCCCCCCCCCCCCCC)COP(=O)(O)OCC[N+](C)(C)C. The third kappa shape index (κ3) is 54.2. The van der Waals surface area contributed by atoms with Crippen LogP contribution in [0.4, 0.5) is 0 Å². The van der Waals surface area contributed by atoms with E-state index in [2.05, 4.69) is 26.0 Å². The summed E-state index contributed by atoms with van der Waals surface area (Å²) < 4.78 is 35.3. The number of quaternary nitrogens is 1. The van der Waals surface area contributed by atoms with Crippen molar-refractivity contribution in [3.05, 3.63) is 12.2 Å². The quantitative estimate of drug-likeness (QED) is 0.0213. The van der Waals surface area contributed by atoms with Gasteiger partial charge in [0, 0.05) is 13.0 Å². The molecule has 0 bridgehead atoms. The topological polar surface area (TPSA) is 91.3 Å². The van der Waals surface area contributed by atoms with E-state index >= 15 is 0 Å². The Bertz CT molecular complexity index is 1070. The Balaban J connectivity index is 4.00. The van der Waals surface area contributed by atoms with E-state index in [0.717, 1.165) is 32.1 Å². The Labute approximate surface area is 411 Å². The van der Waals surface area contributed by atoms with E-state index in [1.165, 1.54) is 238 Å². The first kappa shape index (κ1) is 65.2. The summed E-state index contributed by atoms with van der Waals surface area (Å²) in [5.74, 6) is -0.311. The zero-order chi connectivity index (χ0) is 48.3. The molecule has 0 spiro atoms. The molecule has 0 aromatic rings. The number of hydrogen-bond donors (Lipinski definition) is 1. The van der Waals surface area contributed by atoms with E-state index in [1.54, 1.807) is 0 Å². The van der Waals surface area contributed by atoms with Crippen LogP contribution >= 0.6 is 7.82 Å². The molecule has 8 nitrogen and oxygen atoms in total. The zero-order valence-corrected chi connectivity index (χ0v) is 45.9. The van der Waals surface area contributed by atoms with Crippen LogP contribution in [0, 0.1) is 0 Å². The molecule has 0 rings (SSSR count). The summed E-state index contributed by atoms with van der Waals surface area (Å²) in [7, 11) is 1.68. The Morgan fingerprint density at radius 1 is 0.455 bits per heavy atom. The molecular formula is C57H115NO7P+. The van der Waals surface area contributed by atoms with Gasteiger partial charge in [-0.05, 0) is 38.5 Å². The molecule has 2 unspecified atom stereocenters. The Hall–Kier alpha value is -0.760. The number of phosphoric acid groups is 1. The summed E-state index contributed by atoms with van der Waals surface area (Å²) in [5, 5.41) is 0. The van der Waals surface area contributed by atoms with E-state index < -0.39 is 13.9 Å². The predicted octanol–water partition coefficient (Wildman–Crippen LogP) is 18.1. The van der Waals surface area contributed by atoms with Crippen LogP contribution in [0.15, 0.2) is 12.2 Å². The van der Waals surface area contributed by atoms with Gasteiger partial charge < -0.3 is 18.9 Å². The fourth-order valence-electron chi connectivity index (χ4n) is 8.61. The van der Waals surface area contributed by atoms with E-state index in [9.17, 15) is 14.3 Å². The summed E-state index contributed by atoms with van der Waals surface area (Å²) in [6.07, 6.45) is 59.9. The number of likely N-dealkylation sites (N-methyl/N-ethyl adjacent to an activating group) is 1. The summed E-state index contributed by atoms with van der Waals surface area (Å²) in [6, 6.07) is 0. The average molecular weight is 958 g/mol. The van der Waals surface area contributed by atoms with Gasteiger partial charge in [0.05, 0.1) is 34.4 Å². The second-order valence-electron chi connectivity index (χ2n) is 21.0. The lowest BCUT2D eigenvalue weighted by Gasteiger charge is -2.24. The van der Waals surface area contributed by atoms with Crippen LogP contribution in [-0.4, -0.2) is 75.6 Å². The number of carbonyl (C=O) groups is 1. The molecule has 66 heavy (non-hydrogen) atoms. The smallest absolute Gasteiger partial charge is 0.457 e. The normalized spacial score (nSPS) is 13.5. The Morgan fingerprint density at radius 2 is 0.788 bits per heavy atom. The molecule has 0 saturated heterocycles. The van der Waals surface area contributed by atoms with Gasteiger partial charge in [-0.25, -0.2) is 4.57 Å². The van der Waals surface area contributed by atoms with E-state index in [1.807, 2.05) is 21.1 Å². The van der Waals surface area contributed by atoms with E-state index in [-0.39, 0.29) is 25.8 Å². The molecule has 0 radical (unpaired) electrons.